The van der Waals surface area contributed by atoms with E-state index in [4.69, 9.17) is 4.42 Å². The van der Waals surface area contributed by atoms with Crippen molar-refractivity contribution in [1.82, 2.24) is 14.9 Å². The van der Waals surface area contributed by atoms with Crippen LogP contribution in [0.3, 0.4) is 0 Å². The van der Waals surface area contributed by atoms with Gasteiger partial charge >= 0.3 is 0 Å². The summed E-state index contributed by atoms with van der Waals surface area (Å²) >= 11 is 0. The summed E-state index contributed by atoms with van der Waals surface area (Å²) in [6.45, 7) is 8.35. The molecule has 0 saturated heterocycles. The van der Waals surface area contributed by atoms with Gasteiger partial charge in [0.15, 0.2) is 0 Å². The molecule has 0 bridgehead atoms. The van der Waals surface area contributed by atoms with Crippen LogP contribution in [0.15, 0.2) is 28.9 Å². The van der Waals surface area contributed by atoms with Gasteiger partial charge in [0, 0.05) is 25.4 Å². The third-order valence-corrected chi connectivity index (χ3v) is 3.40. The molecule has 0 radical (unpaired) electrons. The molecule has 0 aliphatic rings. The number of nitrogens with one attached hydrogen (secondary N) is 1. The molecule has 0 aliphatic heterocycles. The molecule has 2 rings (SSSR count). The van der Waals surface area contributed by atoms with Crippen LogP contribution in [-0.4, -0.2) is 16.1 Å². The van der Waals surface area contributed by atoms with Gasteiger partial charge in [-0.3, -0.25) is 0 Å². The summed E-state index contributed by atoms with van der Waals surface area (Å²) in [6, 6.07) is 4.28. The van der Waals surface area contributed by atoms with E-state index in [9.17, 15) is 0 Å². The second-order valence-electron chi connectivity index (χ2n) is 5.20. The Kier molecular flexibility index (Phi) is 5.41. The second-order valence-corrected chi connectivity index (χ2v) is 5.20. The first kappa shape index (κ1) is 14.9. The highest BCUT2D eigenvalue weighted by Gasteiger charge is 2.17. The molecule has 1 unspecified atom stereocenters. The van der Waals surface area contributed by atoms with Crippen molar-refractivity contribution in [2.45, 2.75) is 52.6 Å². The Morgan fingerprint density at radius 3 is 2.80 bits per heavy atom. The summed E-state index contributed by atoms with van der Waals surface area (Å²) < 4.78 is 8.02. The van der Waals surface area contributed by atoms with Crippen molar-refractivity contribution in [3.8, 4) is 0 Å². The van der Waals surface area contributed by atoms with Crippen LogP contribution in [0.4, 0.5) is 0 Å². The van der Waals surface area contributed by atoms with E-state index in [-0.39, 0.29) is 6.04 Å². The van der Waals surface area contributed by atoms with Gasteiger partial charge in [0.2, 0.25) is 0 Å². The zero-order valence-corrected chi connectivity index (χ0v) is 12.7. The first-order chi connectivity index (χ1) is 9.74. The fourth-order valence-corrected chi connectivity index (χ4v) is 2.39. The molecule has 0 aliphatic carbocycles. The average molecular weight is 275 g/mol. The molecule has 2 heterocycles. The van der Waals surface area contributed by atoms with Gasteiger partial charge in [-0.1, -0.05) is 13.8 Å². The summed E-state index contributed by atoms with van der Waals surface area (Å²) in [5, 5.41) is 3.56. The van der Waals surface area contributed by atoms with Crippen molar-refractivity contribution in [2.24, 2.45) is 0 Å². The van der Waals surface area contributed by atoms with Crippen LogP contribution in [0, 0.1) is 6.92 Å². The van der Waals surface area contributed by atoms with Gasteiger partial charge in [0.05, 0.1) is 6.04 Å². The number of hydrogen-bond donors (Lipinski definition) is 1. The van der Waals surface area contributed by atoms with Crippen LogP contribution in [0.25, 0.3) is 0 Å². The minimum Gasteiger partial charge on any atom is -0.465 e. The lowest BCUT2D eigenvalue weighted by atomic mass is 10.1. The first-order valence-electron chi connectivity index (χ1n) is 7.54. The molecule has 0 amide bonds. The summed E-state index contributed by atoms with van der Waals surface area (Å²) in [5.74, 6) is 3.08. The number of nitrogens with zero attached hydrogens (tertiary/aromatic N) is 2. The molecule has 1 N–H and O–H groups in total. The molecule has 0 saturated carbocycles. The molecule has 4 nitrogen and oxygen atoms in total. The summed E-state index contributed by atoms with van der Waals surface area (Å²) in [6.07, 6.45) is 7.04. The minimum absolute atomic E-state index is 0.196. The molecule has 2 aromatic rings. The van der Waals surface area contributed by atoms with E-state index in [0.717, 1.165) is 49.7 Å². The van der Waals surface area contributed by atoms with Crippen molar-refractivity contribution < 1.29 is 4.42 Å². The highest BCUT2D eigenvalue weighted by atomic mass is 16.3. The van der Waals surface area contributed by atoms with Crippen molar-refractivity contribution >= 4 is 0 Å². The molecule has 20 heavy (non-hydrogen) atoms. The third-order valence-electron chi connectivity index (χ3n) is 3.40. The quantitative estimate of drug-likeness (QED) is 0.802. The van der Waals surface area contributed by atoms with Gasteiger partial charge in [-0.25, -0.2) is 4.98 Å². The lowest BCUT2D eigenvalue weighted by molar-refractivity contribution is 0.391. The van der Waals surface area contributed by atoms with Crippen LogP contribution in [0.5, 0.6) is 0 Å². The van der Waals surface area contributed by atoms with E-state index in [0.29, 0.717) is 0 Å². The van der Waals surface area contributed by atoms with E-state index < -0.39 is 0 Å². The summed E-state index contributed by atoms with van der Waals surface area (Å²) in [4.78, 5) is 4.50. The SMILES string of the molecule is CCCNC(Cc1nccn1CCC)c1ccc(C)o1. The zero-order chi connectivity index (χ0) is 14.4. The molecule has 2 aromatic heterocycles. The lowest BCUT2D eigenvalue weighted by Gasteiger charge is -2.17. The largest absolute Gasteiger partial charge is 0.465 e. The van der Waals surface area contributed by atoms with Crippen molar-refractivity contribution in [3.63, 3.8) is 0 Å². The van der Waals surface area contributed by atoms with Crippen LogP contribution in [-0.2, 0) is 13.0 Å². The van der Waals surface area contributed by atoms with Crippen molar-refractivity contribution in [1.29, 1.82) is 0 Å². The topological polar surface area (TPSA) is 43.0 Å². The van der Waals surface area contributed by atoms with E-state index in [1.165, 1.54) is 0 Å². The first-order valence-corrected chi connectivity index (χ1v) is 7.54. The van der Waals surface area contributed by atoms with Crippen LogP contribution in [0.1, 0.15) is 50.1 Å². The summed E-state index contributed by atoms with van der Waals surface area (Å²) in [7, 11) is 0. The Bertz CT molecular complexity index is 515. The molecule has 4 heteroatoms. The van der Waals surface area contributed by atoms with Crippen LogP contribution in [0.2, 0.25) is 0 Å². The smallest absolute Gasteiger partial charge is 0.121 e. The number of aryl methyl sites for hydroxylation is 2. The number of aromatic nitrogens is 2. The standard InChI is InChI=1S/C16H25N3O/c1-4-8-17-14(15-7-6-13(3)20-15)12-16-18-9-11-19(16)10-5-2/h6-7,9,11,14,17H,4-5,8,10,12H2,1-3H3. The molecule has 0 aromatic carbocycles. The highest BCUT2D eigenvalue weighted by molar-refractivity contribution is 5.12. The molecular weight excluding hydrogens is 250 g/mol. The molecule has 0 fully saturated rings. The van der Waals surface area contributed by atoms with E-state index >= 15 is 0 Å². The van der Waals surface area contributed by atoms with Gasteiger partial charge in [0.1, 0.15) is 17.3 Å². The minimum atomic E-state index is 0.196. The van der Waals surface area contributed by atoms with Gasteiger partial charge in [-0.05, 0) is 38.4 Å². The van der Waals surface area contributed by atoms with Crippen molar-refractivity contribution in [2.75, 3.05) is 6.54 Å². The highest BCUT2D eigenvalue weighted by Crippen LogP contribution is 2.20. The number of imidazole rings is 1. The number of rotatable bonds is 8. The Morgan fingerprint density at radius 2 is 2.15 bits per heavy atom. The zero-order valence-electron chi connectivity index (χ0n) is 12.7. The predicted molar refractivity (Wildman–Crippen MR) is 80.7 cm³/mol. The van der Waals surface area contributed by atoms with Crippen LogP contribution < -0.4 is 5.32 Å². The molecule has 1 atom stereocenters. The monoisotopic (exact) mass is 275 g/mol. The van der Waals surface area contributed by atoms with E-state index in [2.05, 4.69) is 41.0 Å². The van der Waals surface area contributed by atoms with Crippen molar-refractivity contribution in [3.05, 3.63) is 41.9 Å². The average Bonchev–Trinajstić information content (AvgIpc) is 3.04. The van der Waals surface area contributed by atoms with Crippen LogP contribution >= 0.6 is 0 Å². The maximum atomic E-state index is 5.79. The van der Waals surface area contributed by atoms with E-state index in [1.54, 1.807) is 0 Å². The Labute approximate surface area is 121 Å². The normalized spacial score (nSPS) is 12.8. The lowest BCUT2D eigenvalue weighted by Crippen LogP contribution is -2.25. The maximum absolute atomic E-state index is 5.79. The Hall–Kier alpha value is -1.55. The number of furan rings is 1. The van der Waals surface area contributed by atoms with Gasteiger partial charge < -0.3 is 14.3 Å². The molecular formula is C16H25N3O. The van der Waals surface area contributed by atoms with Gasteiger partial charge in [0.25, 0.3) is 0 Å². The third kappa shape index (κ3) is 3.73. The molecule has 0 spiro atoms. The predicted octanol–water partition coefficient (Wildman–Crippen LogP) is 3.48. The van der Waals surface area contributed by atoms with E-state index in [1.807, 2.05) is 19.2 Å². The number of hydrogen-bond acceptors (Lipinski definition) is 3. The fourth-order valence-electron chi connectivity index (χ4n) is 2.39. The summed E-state index contributed by atoms with van der Waals surface area (Å²) in [5.41, 5.74) is 0. The molecule has 110 valence electrons. The maximum Gasteiger partial charge on any atom is 0.121 e. The Morgan fingerprint density at radius 1 is 1.30 bits per heavy atom. The second kappa shape index (κ2) is 7.29. The fraction of sp³-hybridized carbons (Fsp3) is 0.562. The Balaban J connectivity index is 2.12. The van der Waals surface area contributed by atoms with Gasteiger partial charge in [-0.15, -0.1) is 0 Å². The van der Waals surface area contributed by atoms with Gasteiger partial charge in [-0.2, -0.15) is 0 Å².